The van der Waals surface area contributed by atoms with Crippen molar-refractivity contribution in [3.8, 4) is 0 Å². The molecule has 150 valence electrons. The standard InChI is InChI=1S/C20H25N3O4S/c1-14(24)21-16-11-9-15(10-12-16)13-19(25)22-17-7-5-6-8-18(17)28(26,27)23-20(2,3)4/h5-12,23H,13H2,1-4H3,(H,21,24)(H,22,25). The van der Waals surface area contributed by atoms with E-state index in [0.29, 0.717) is 5.69 Å². The first-order valence-corrected chi connectivity index (χ1v) is 10.2. The highest BCUT2D eigenvalue weighted by molar-refractivity contribution is 7.89. The van der Waals surface area contributed by atoms with Gasteiger partial charge in [-0.2, -0.15) is 0 Å². The van der Waals surface area contributed by atoms with Crippen LogP contribution in [0.4, 0.5) is 11.4 Å². The van der Waals surface area contributed by atoms with Crippen molar-refractivity contribution in [2.75, 3.05) is 10.6 Å². The molecule has 7 nitrogen and oxygen atoms in total. The number of hydrogen-bond donors (Lipinski definition) is 3. The third-order valence-corrected chi connectivity index (χ3v) is 5.35. The molecule has 0 aliphatic rings. The summed E-state index contributed by atoms with van der Waals surface area (Å²) < 4.78 is 27.9. The van der Waals surface area contributed by atoms with Crippen molar-refractivity contribution in [2.45, 2.75) is 44.6 Å². The lowest BCUT2D eigenvalue weighted by Crippen LogP contribution is -2.40. The predicted molar refractivity (Wildman–Crippen MR) is 110 cm³/mol. The number of hydrogen-bond acceptors (Lipinski definition) is 4. The van der Waals surface area contributed by atoms with E-state index in [9.17, 15) is 18.0 Å². The van der Waals surface area contributed by atoms with Crippen LogP contribution in [0.5, 0.6) is 0 Å². The molecule has 0 atom stereocenters. The maximum absolute atomic E-state index is 12.6. The topological polar surface area (TPSA) is 104 Å². The van der Waals surface area contributed by atoms with Crippen molar-refractivity contribution >= 4 is 33.2 Å². The van der Waals surface area contributed by atoms with E-state index in [1.807, 2.05) is 0 Å². The largest absolute Gasteiger partial charge is 0.326 e. The van der Waals surface area contributed by atoms with Gasteiger partial charge in [-0.25, -0.2) is 13.1 Å². The van der Waals surface area contributed by atoms with E-state index in [1.54, 1.807) is 63.2 Å². The smallest absolute Gasteiger partial charge is 0.243 e. The summed E-state index contributed by atoms with van der Waals surface area (Å²) in [5.41, 5.74) is 0.950. The van der Waals surface area contributed by atoms with Crippen LogP contribution in [0.3, 0.4) is 0 Å². The molecule has 28 heavy (non-hydrogen) atoms. The fourth-order valence-corrected chi connectivity index (χ4v) is 4.13. The van der Waals surface area contributed by atoms with Crippen LogP contribution < -0.4 is 15.4 Å². The number of benzene rings is 2. The van der Waals surface area contributed by atoms with Gasteiger partial charge in [0.1, 0.15) is 4.90 Å². The Balaban J connectivity index is 2.13. The molecule has 2 aromatic carbocycles. The Morgan fingerprint density at radius 1 is 0.929 bits per heavy atom. The van der Waals surface area contributed by atoms with Crippen LogP contribution in [0, 0.1) is 0 Å². The lowest BCUT2D eigenvalue weighted by molar-refractivity contribution is -0.116. The van der Waals surface area contributed by atoms with Crippen LogP contribution in [0.15, 0.2) is 53.4 Å². The zero-order valence-corrected chi connectivity index (χ0v) is 17.2. The first kappa shape index (κ1) is 21.6. The average Bonchev–Trinajstić information content (AvgIpc) is 2.54. The molecule has 0 saturated carbocycles. The summed E-state index contributed by atoms with van der Waals surface area (Å²) >= 11 is 0. The average molecular weight is 404 g/mol. The number of amides is 2. The van der Waals surface area contributed by atoms with Gasteiger partial charge >= 0.3 is 0 Å². The molecule has 0 unspecified atom stereocenters. The molecular weight excluding hydrogens is 378 g/mol. The second-order valence-electron chi connectivity index (χ2n) is 7.45. The Kier molecular flexibility index (Phi) is 6.58. The summed E-state index contributed by atoms with van der Waals surface area (Å²) in [6.45, 7) is 6.66. The third kappa shape index (κ3) is 6.47. The Labute approximate surface area is 165 Å². The van der Waals surface area contributed by atoms with Gasteiger partial charge < -0.3 is 10.6 Å². The fraction of sp³-hybridized carbons (Fsp3) is 0.300. The van der Waals surface area contributed by atoms with Crippen molar-refractivity contribution in [3.05, 3.63) is 54.1 Å². The van der Waals surface area contributed by atoms with Gasteiger partial charge in [0.25, 0.3) is 0 Å². The third-order valence-electron chi connectivity index (χ3n) is 3.53. The summed E-state index contributed by atoms with van der Waals surface area (Å²) in [7, 11) is -3.79. The maximum atomic E-state index is 12.6. The van der Waals surface area contributed by atoms with E-state index < -0.39 is 15.6 Å². The second-order valence-corrected chi connectivity index (χ2v) is 9.11. The zero-order chi connectivity index (χ0) is 20.9. The number of nitrogens with one attached hydrogen (secondary N) is 3. The zero-order valence-electron chi connectivity index (χ0n) is 16.4. The molecule has 0 aliphatic heterocycles. The summed E-state index contributed by atoms with van der Waals surface area (Å²) in [4.78, 5) is 23.5. The Bertz CT molecular complexity index is 962. The van der Waals surface area contributed by atoms with Crippen LogP contribution in [-0.2, 0) is 26.0 Å². The minimum Gasteiger partial charge on any atom is -0.326 e. The molecule has 2 aromatic rings. The highest BCUT2D eigenvalue weighted by atomic mass is 32.2. The summed E-state index contributed by atoms with van der Waals surface area (Å²) in [5, 5.41) is 5.32. The number of carbonyl (C=O) groups is 2. The van der Waals surface area contributed by atoms with Gasteiger partial charge in [0.2, 0.25) is 21.8 Å². The normalized spacial score (nSPS) is 11.7. The fourth-order valence-electron chi connectivity index (χ4n) is 2.55. The van der Waals surface area contributed by atoms with Crippen molar-refractivity contribution < 1.29 is 18.0 Å². The number of para-hydroxylation sites is 1. The van der Waals surface area contributed by atoms with Crippen molar-refractivity contribution in [3.63, 3.8) is 0 Å². The minimum atomic E-state index is -3.79. The predicted octanol–water partition coefficient (Wildman–Crippen LogP) is 2.90. The van der Waals surface area contributed by atoms with Crippen molar-refractivity contribution in [1.29, 1.82) is 0 Å². The number of rotatable bonds is 6. The van der Waals surface area contributed by atoms with Crippen molar-refractivity contribution in [2.24, 2.45) is 0 Å². The molecule has 0 fully saturated rings. The van der Waals surface area contributed by atoms with Crippen LogP contribution in [0.2, 0.25) is 0 Å². The van der Waals surface area contributed by atoms with Gasteiger partial charge in [-0.05, 0) is 50.6 Å². The SMILES string of the molecule is CC(=O)Nc1ccc(CC(=O)Nc2ccccc2S(=O)(=O)NC(C)(C)C)cc1. The molecule has 0 aromatic heterocycles. The van der Waals surface area contributed by atoms with Crippen molar-refractivity contribution in [1.82, 2.24) is 4.72 Å². The highest BCUT2D eigenvalue weighted by Gasteiger charge is 2.24. The summed E-state index contributed by atoms with van der Waals surface area (Å²) in [6.07, 6.45) is 0.0709. The van der Waals surface area contributed by atoms with E-state index in [2.05, 4.69) is 15.4 Å². The first-order valence-electron chi connectivity index (χ1n) is 8.76. The van der Waals surface area contributed by atoms with E-state index in [4.69, 9.17) is 0 Å². The summed E-state index contributed by atoms with van der Waals surface area (Å²) in [5.74, 6) is -0.516. The van der Waals surface area contributed by atoms with Gasteiger partial charge in [0.15, 0.2) is 0 Å². The van der Waals surface area contributed by atoms with Gasteiger partial charge in [-0.15, -0.1) is 0 Å². The van der Waals surface area contributed by atoms with Gasteiger partial charge in [-0.1, -0.05) is 24.3 Å². The lowest BCUT2D eigenvalue weighted by atomic mass is 10.1. The lowest BCUT2D eigenvalue weighted by Gasteiger charge is -2.21. The van der Waals surface area contributed by atoms with E-state index in [1.165, 1.54) is 13.0 Å². The number of carbonyl (C=O) groups excluding carboxylic acids is 2. The molecule has 0 aliphatic carbocycles. The molecule has 2 rings (SSSR count). The quantitative estimate of drug-likeness (QED) is 0.690. The molecule has 0 bridgehead atoms. The Morgan fingerprint density at radius 3 is 2.11 bits per heavy atom. The summed E-state index contributed by atoms with van der Waals surface area (Å²) in [6, 6.07) is 13.1. The van der Waals surface area contributed by atoms with E-state index in [-0.39, 0.29) is 28.8 Å². The molecule has 0 saturated heterocycles. The second kappa shape index (κ2) is 8.53. The number of sulfonamides is 1. The van der Waals surface area contributed by atoms with Crippen LogP contribution in [0.25, 0.3) is 0 Å². The monoisotopic (exact) mass is 403 g/mol. The van der Waals surface area contributed by atoms with Crippen LogP contribution in [-0.4, -0.2) is 25.8 Å². The van der Waals surface area contributed by atoms with Gasteiger partial charge in [-0.3, -0.25) is 9.59 Å². The molecule has 3 N–H and O–H groups in total. The van der Waals surface area contributed by atoms with E-state index in [0.717, 1.165) is 5.56 Å². The maximum Gasteiger partial charge on any atom is 0.243 e. The molecule has 8 heteroatoms. The van der Waals surface area contributed by atoms with Gasteiger partial charge in [0, 0.05) is 18.2 Å². The highest BCUT2D eigenvalue weighted by Crippen LogP contribution is 2.22. The van der Waals surface area contributed by atoms with Gasteiger partial charge in [0.05, 0.1) is 12.1 Å². The Morgan fingerprint density at radius 2 is 1.54 bits per heavy atom. The van der Waals surface area contributed by atoms with Crippen LogP contribution in [0.1, 0.15) is 33.3 Å². The molecule has 0 spiro atoms. The molecule has 0 heterocycles. The van der Waals surface area contributed by atoms with E-state index >= 15 is 0 Å². The minimum absolute atomic E-state index is 0.0132. The molecule has 2 amide bonds. The first-order chi connectivity index (χ1) is 13.0. The Hall–Kier alpha value is -2.71. The molecular formula is C20H25N3O4S. The molecule has 0 radical (unpaired) electrons. The number of anilines is 2. The van der Waals surface area contributed by atoms with Crippen LogP contribution >= 0.6 is 0 Å².